The van der Waals surface area contributed by atoms with E-state index >= 15 is 0 Å². The number of ether oxygens (including phenoxy) is 1. The zero-order chi connectivity index (χ0) is 15.9. The fourth-order valence-corrected chi connectivity index (χ4v) is 2.09. The van der Waals surface area contributed by atoms with Crippen LogP contribution in [0.4, 0.5) is 11.4 Å². The van der Waals surface area contributed by atoms with E-state index < -0.39 is 5.97 Å². The molecule has 0 spiro atoms. The fraction of sp³-hybridized carbons (Fsp3) is 0.125. The summed E-state index contributed by atoms with van der Waals surface area (Å²) in [5.41, 5.74) is 1.58. The molecule has 0 fully saturated rings. The molecule has 0 aliphatic rings. The van der Waals surface area contributed by atoms with Crippen LogP contribution in [0.25, 0.3) is 0 Å². The minimum atomic E-state index is -0.489. The Balaban J connectivity index is 1.97. The van der Waals surface area contributed by atoms with Gasteiger partial charge >= 0.3 is 5.97 Å². The molecular weight excluding hydrogens is 348 g/mol. The number of hydrogen-bond donors (Lipinski definition) is 2. The summed E-state index contributed by atoms with van der Waals surface area (Å²) in [6.45, 7) is 0.0944. The molecule has 0 unspecified atom stereocenters. The summed E-state index contributed by atoms with van der Waals surface area (Å²) in [4.78, 5) is 23.6. The number of anilines is 2. The molecule has 0 aromatic heterocycles. The summed E-state index contributed by atoms with van der Waals surface area (Å²) in [7, 11) is 1.30. The molecule has 2 aromatic rings. The number of carbonyl (C=O) groups excluding carboxylic acids is 2. The van der Waals surface area contributed by atoms with Gasteiger partial charge in [0.15, 0.2) is 0 Å². The van der Waals surface area contributed by atoms with E-state index in [0.717, 1.165) is 10.2 Å². The van der Waals surface area contributed by atoms with Crippen molar-refractivity contribution >= 4 is 39.2 Å². The first-order valence-electron chi connectivity index (χ1n) is 6.57. The van der Waals surface area contributed by atoms with E-state index in [1.54, 1.807) is 24.3 Å². The minimum Gasteiger partial charge on any atom is -0.465 e. The lowest BCUT2D eigenvalue weighted by atomic mass is 10.2. The van der Waals surface area contributed by atoms with Crippen LogP contribution in [0, 0.1) is 0 Å². The highest BCUT2D eigenvalue weighted by molar-refractivity contribution is 9.10. The van der Waals surface area contributed by atoms with Crippen LogP contribution in [0.5, 0.6) is 0 Å². The van der Waals surface area contributed by atoms with E-state index in [-0.39, 0.29) is 12.5 Å². The third-order valence-electron chi connectivity index (χ3n) is 2.90. The number of para-hydroxylation sites is 1. The Morgan fingerprint density at radius 1 is 1.09 bits per heavy atom. The number of amides is 1. The highest BCUT2D eigenvalue weighted by Crippen LogP contribution is 2.16. The van der Waals surface area contributed by atoms with Crippen molar-refractivity contribution in [1.29, 1.82) is 0 Å². The quantitative estimate of drug-likeness (QED) is 0.800. The van der Waals surface area contributed by atoms with Gasteiger partial charge in [0, 0.05) is 10.2 Å². The van der Waals surface area contributed by atoms with Gasteiger partial charge in [0.05, 0.1) is 24.9 Å². The zero-order valence-electron chi connectivity index (χ0n) is 11.9. The van der Waals surface area contributed by atoms with Crippen LogP contribution >= 0.6 is 15.9 Å². The lowest BCUT2D eigenvalue weighted by Gasteiger charge is -2.10. The maximum Gasteiger partial charge on any atom is 0.339 e. The highest BCUT2D eigenvalue weighted by Gasteiger charge is 2.12. The van der Waals surface area contributed by atoms with E-state index in [1.165, 1.54) is 7.11 Å². The molecule has 0 aliphatic heterocycles. The van der Waals surface area contributed by atoms with Gasteiger partial charge < -0.3 is 15.4 Å². The van der Waals surface area contributed by atoms with Crippen molar-refractivity contribution in [3.05, 3.63) is 58.6 Å². The van der Waals surface area contributed by atoms with Crippen LogP contribution in [0.1, 0.15) is 10.4 Å². The average Bonchev–Trinajstić information content (AvgIpc) is 2.54. The van der Waals surface area contributed by atoms with Crippen LogP contribution < -0.4 is 10.6 Å². The third-order valence-corrected chi connectivity index (χ3v) is 3.43. The third kappa shape index (κ3) is 4.33. The molecule has 2 rings (SSSR count). The zero-order valence-corrected chi connectivity index (χ0v) is 13.5. The van der Waals surface area contributed by atoms with Crippen molar-refractivity contribution in [3.63, 3.8) is 0 Å². The first kappa shape index (κ1) is 16.0. The van der Waals surface area contributed by atoms with Gasteiger partial charge in [-0.3, -0.25) is 4.79 Å². The van der Waals surface area contributed by atoms with Crippen molar-refractivity contribution in [2.45, 2.75) is 0 Å². The Kier molecular flexibility index (Phi) is 5.55. The highest BCUT2D eigenvalue weighted by atomic mass is 79.9. The molecule has 0 heterocycles. The minimum absolute atomic E-state index is 0.0944. The largest absolute Gasteiger partial charge is 0.465 e. The average molecular weight is 363 g/mol. The first-order chi connectivity index (χ1) is 10.6. The van der Waals surface area contributed by atoms with E-state index in [0.29, 0.717) is 11.3 Å². The Bertz CT molecular complexity index is 671. The van der Waals surface area contributed by atoms with Crippen molar-refractivity contribution in [3.8, 4) is 0 Å². The van der Waals surface area contributed by atoms with Gasteiger partial charge in [-0.05, 0) is 36.4 Å². The van der Waals surface area contributed by atoms with Crippen LogP contribution in [0.15, 0.2) is 53.0 Å². The maximum absolute atomic E-state index is 12.0. The van der Waals surface area contributed by atoms with Gasteiger partial charge in [0.1, 0.15) is 0 Å². The number of rotatable bonds is 5. The molecule has 2 aromatic carbocycles. The van der Waals surface area contributed by atoms with Crippen molar-refractivity contribution < 1.29 is 14.3 Å². The van der Waals surface area contributed by atoms with Gasteiger partial charge in [-0.25, -0.2) is 4.79 Å². The SMILES string of the molecule is COC(=O)c1ccccc1NC(=O)CNc1ccc(Br)cc1. The van der Waals surface area contributed by atoms with Gasteiger partial charge in [0.25, 0.3) is 0 Å². The number of hydrogen-bond acceptors (Lipinski definition) is 4. The predicted octanol–water partition coefficient (Wildman–Crippen LogP) is 3.29. The lowest BCUT2D eigenvalue weighted by molar-refractivity contribution is -0.114. The normalized spacial score (nSPS) is 9.91. The van der Waals surface area contributed by atoms with Crippen molar-refractivity contribution in [2.75, 3.05) is 24.3 Å². The molecule has 1 amide bonds. The summed E-state index contributed by atoms with van der Waals surface area (Å²) in [5.74, 6) is -0.740. The van der Waals surface area contributed by atoms with Crippen molar-refractivity contribution in [2.24, 2.45) is 0 Å². The van der Waals surface area contributed by atoms with E-state index in [1.807, 2.05) is 24.3 Å². The van der Waals surface area contributed by atoms with E-state index in [4.69, 9.17) is 0 Å². The Morgan fingerprint density at radius 3 is 2.45 bits per heavy atom. The molecule has 114 valence electrons. The summed E-state index contributed by atoms with van der Waals surface area (Å²) in [6.07, 6.45) is 0. The van der Waals surface area contributed by atoms with Crippen LogP contribution in [0.3, 0.4) is 0 Å². The van der Waals surface area contributed by atoms with Gasteiger partial charge in [-0.15, -0.1) is 0 Å². The Morgan fingerprint density at radius 2 is 1.77 bits per heavy atom. The number of methoxy groups -OCH3 is 1. The molecule has 2 N–H and O–H groups in total. The molecule has 0 saturated heterocycles. The predicted molar refractivity (Wildman–Crippen MR) is 89.0 cm³/mol. The van der Waals surface area contributed by atoms with Gasteiger partial charge in [0.2, 0.25) is 5.91 Å². The number of halogens is 1. The second-order valence-electron chi connectivity index (χ2n) is 4.45. The molecule has 6 heteroatoms. The Labute approximate surface area is 136 Å². The van der Waals surface area contributed by atoms with Crippen LogP contribution in [-0.2, 0) is 9.53 Å². The Hall–Kier alpha value is -2.34. The monoisotopic (exact) mass is 362 g/mol. The molecule has 0 radical (unpaired) electrons. The van der Waals surface area contributed by atoms with Gasteiger partial charge in [-0.2, -0.15) is 0 Å². The summed E-state index contributed by atoms with van der Waals surface area (Å²) in [6, 6.07) is 14.2. The lowest BCUT2D eigenvalue weighted by Crippen LogP contribution is -2.23. The number of benzene rings is 2. The molecule has 5 nitrogen and oxygen atoms in total. The summed E-state index contributed by atoms with van der Waals surface area (Å²) >= 11 is 3.35. The fourth-order valence-electron chi connectivity index (χ4n) is 1.82. The van der Waals surface area contributed by atoms with Gasteiger partial charge in [-0.1, -0.05) is 28.1 Å². The smallest absolute Gasteiger partial charge is 0.339 e. The van der Waals surface area contributed by atoms with Crippen molar-refractivity contribution in [1.82, 2.24) is 0 Å². The topological polar surface area (TPSA) is 67.4 Å². The number of nitrogens with one attached hydrogen (secondary N) is 2. The number of carbonyl (C=O) groups is 2. The molecule has 22 heavy (non-hydrogen) atoms. The second kappa shape index (κ2) is 7.61. The molecule has 0 aliphatic carbocycles. The summed E-state index contributed by atoms with van der Waals surface area (Å²) in [5, 5.41) is 5.70. The maximum atomic E-state index is 12.0. The van der Waals surface area contributed by atoms with E-state index in [9.17, 15) is 9.59 Å². The standard InChI is InChI=1S/C16H15BrN2O3/c1-22-16(21)13-4-2-3-5-14(13)19-15(20)10-18-12-8-6-11(17)7-9-12/h2-9,18H,10H2,1H3,(H,19,20). The molecule has 0 atom stereocenters. The van der Waals surface area contributed by atoms with Crippen LogP contribution in [-0.4, -0.2) is 25.5 Å². The van der Waals surface area contributed by atoms with E-state index in [2.05, 4.69) is 31.3 Å². The second-order valence-corrected chi connectivity index (χ2v) is 5.36. The molecule has 0 saturated carbocycles. The first-order valence-corrected chi connectivity index (χ1v) is 7.36. The van der Waals surface area contributed by atoms with Crippen LogP contribution in [0.2, 0.25) is 0 Å². The molecule has 0 bridgehead atoms. The summed E-state index contributed by atoms with van der Waals surface area (Å²) < 4.78 is 5.66. The number of esters is 1. The molecular formula is C16H15BrN2O3.